The third kappa shape index (κ3) is 3.66. The predicted molar refractivity (Wildman–Crippen MR) is 64.0 cm³/mol. The monoisotopic (exact) mass is 222 g/mol. The van der Waals surface area contributed by atoms with Crippen LogP contribution in [0.15, 0.2) is 12.2 Å². The van der Waals surface area contributed by atoms with Gasteiger partial charge in [0.2, 0.25) is 0 Å². The van der Waals surface area contributed by atoms with Crippen LogP contribution in [0.4, 0.5) is 0 Å². The Morgan fingerprint density at radius 3 is 2.62 bits per heavy atom. The van der Waals surface area contributed by atoms with Gasteiger partial charge in [0.15, 0.2) is 0 Å². The molecule has 2 nitrogen and oxygen atoms in total. The molecular formula is C14H22O2. The van der Waals surface area contributed by atoms with Crippen molar-refractivity contribution in [3.63, 3.8) is 0 Å². The van der Waals surface area contributed by atoms with Gasteiger partial charge in [-0.15, -0.1) is 0 Å². The maximum Gasteiger partial charge on any atom is 0.306 e. The van der Waals surface area contributed by atoms with E-state index in [9.17, 15) is 4.79 Å². The Bertz CT molecular complexity index is 251. The highest BCUT2D eigenvalue weighted by molar-refractivity contribution is 5.69. The average molecular weight is 222 g/mol. The molecule has 2 aliphatic carbocycles. The molecule has 0 spiro atoms. The molecule has 0 aromatic carbocycles. The second-order valence-corrected chi connectivity index (χ2v) is 5.19. The van der Waals surface area contributed by atoms with Crippen LogP contribution in [0, 0.1) is 11.8 Å². The van der Waals surface area contributed by atoms with Gasteiger partial charge in [-0.05, 0) is 43.9 Å². The van der Waals surface area contributed by atoms with Gasteiger partial charge in [-0.2, -0.15) is 0 Å². The van der Waals surface area contributed by atoms with Crippen LogP contribution in [0.5, 0.6) is 0 Å². The Morgan fingerprint density at radius 2 is 1.94 bits per heavy atom. The summed E-state index contributed by atoms with van der Waals surface area (Å²) in [6, 6.07) is 0. The number of carbonyl (C=O) groups excluding carboxylic acids is 1. The lowest BCUT2D eigenvalue weighted by molar-refractivity contribution is -0.146. The number of rotatable bonds is 4. The molecule has 2 aliphatic rings. The van der Waals surface area contributed by atoms with Crippen LogP contribution in [-0.2, 0) is 9.53 Å². The number of carbonyl (C=O) groups is 1. The Balaban J connectivity index is 1.61. The standard InChI is InChI=1S/C14H22O2/c15-14(10-12-6-4-5-7-12)16-11-13-8-2-1-3-9-13/h1-2,12-13H,3-11H2/t13-/m0/s1. The van der Waals surface area contributed by atoms with Crippen molar-refractivity contribution in [1.82, 2.24) is 0 Å². The molecular weight excluding hydrogens is 200 g/mol. The van der Waals surface area contributed by atoms with Crippen molar-refractivity contribution < 1.29 is 9.53 Å². The van der Waals surface area contributed by atoms with Gasteiger partial charge in [-0.3, -0.25) is 4.79 Å². The summed E-state index contributed by atoms with van der Waals surface area (Å²) in [5.74, 6) is 1.21. The Morgan fingerprint density at radius 1 is 1.12 bits per heavy atom. The summed E-state index contributed by atoms with van der Waals surface area (Å²) in [6.45, 7) is 0.635. The quantitative estimate of drug-likeness (QED) is 0.538. The Hall–Kier alpha value is -0.790. The molecule has 0 saturated heterocycles. The van der Waals surface area contributed by atoms with Crippen molar-refractivity contribution in [3.8, 4) is 0 Å². The minimum Gasteiger partial charge on any atom is -0.465 e. The molecule has 0 unspecified atom stereocenters. The van der Waals surface area contributed by atoms with Gasteiger partial charge in [-0.1, -0.05) is 25.0 Å². The first kappa shape index (κ1) is 11.7. The number of ether oxygens (including phenoxy) is 1. The van der Waals surface area contributed by atoms with Crippen molar-refractivity contribution in [3.05, 3.63) is 12.2 Å². The molecule has 0 radical (unpaired) electrons. The summed E-state index contributed by atoms with van der Waals surface area (Å²) >= 11 is 0. The first-order chi connectivity index (χ1) is 7.84. The zero-order chi connectivity index (χ0) is 11.2. The third-order valence-corrected chi connectivity index (χ3v) is 3.79. The van der Waals surface area contributed by atoms with Gasteiger partial charge < -0.3 is 4.74 Å². The van der Waals surface area contributed by atoms with Gasteiger partial charge >= 0.3 is 5.97 Å². The van der Waals surface area contributed by atoms with E-state index in [2.05, 4.69) is 12.2 Å². The molecule has 1 fully saturated rings. The molecule has 2 rings (SSSR count). The van der Waals surface area contributed by atoms with Gasteiger partial charge in [0.1, 0.15) is 0 Å². The van der Waals surface area contributed by atoms with Crippen molar-refractivity contribution in [2.45, 2.75) is 51.4 Å². The van der Waals surface area contributed by atoms with Crippen molar-refractivity contribution in [2.24, 2.45) is 11.8 Å². The van der Waals surface area contributed by atoms with E-state index >= 15 is 0 Å². The van der Waals surface area contributed by atoms with Gasteiger partial charge in [0, 0.05) is 6.42 Å². The largest absolute Gasteiger partial charge is 0.465 e. The molecule has 1 saturated carbocycles. The Labute approximate surface area is 98.1 Å². The van der Waals surface area contributed by atoms with Crippen LogP contribution in [0.2, 0.25) is 0 Å². The smallest absolute Gasteiger partial charge is 0.306 e. The number of esters is 1. The molecule has 0 aliphatic heterocycles. The minimum absolute atomic E-state index is 0.0291. The van der Waals surface area contributed by atoms with E-state index in [0.29, 0.717) is 24.9 Å². The van der Waals surface area contributed by atoms with Crippen molar-refractivity contribution in [2.75, 3.05) is 6.61 Å². The molecule has 0 bridgehead atoms. The van der Waals surface area contributed by atoms with E-state index in [0.717, 1.165) is 12.8 Å². The second kappa shape index (κ2) is 6.07. The maximum atomic E-state index is 11.6. The summed E-state index contributed by atoms with van der Waals surface area (Å²) in [6.07, 6.45) is 13.5. The highest BCUT2D eigenvalue weighted by Gasteiger charge is 2.20. The summed E-state index contributed by atoms with van der Waals surface area (Å²) in [5, 5.41) is 0. The van der Waals surface area contributed by atoms with Crippen molar-refractivity contribution in [1.29, 1.82) is 0 Å². The Kier molecular flexibility index (Phi) is 4.44. The first-order valence-corrected chi connectivity index (χ1v) is 6.65. The fourth-order valence-corrected chi connectivity index (χ4v) is 2.73. The topological polar surface area (TPSA) is 26.3 Å². The van der Waals surface area contributed by atoms with Crippen LogP contribution >= 0.6 is 0 Å². The molecule has 16 heavy (non-hydrogen) atoms. The summed E-state index contributed by atoms with van der Waals surface area (Å²) in [7, 11) is 0. The van der Waals surface area contributed by atoms with Gasteiger partial charge in [-0.25, -0.2) is 0 Å². The number of hydrogen-bond donors (Lipinski definition) is 0. The lowest BCUT2D eigenvalue weighted by Crippen LogP contribution is -2.16. The summed E-state index contributed by atoms with van der Waals surface area (Å²) in [5.41, 5.74) is 0. The van der Waals surface area contributed by atoms with E-state index in [-0.39, 0.29) is 5.97 Å². The predicted octanol–water partition coefficient (Wildman–Crippen LogP) is 3.47. The zero-order valence-electron chi connectivity index (χ0n) is 9.99. The molecule has 0 amide bonds. The van der Waals surface area contributed by atoms with Crippen LogP contribution in [0.3, 0.4) is 0 Å². The van der Waals surface area contributed by atoms with Crippen LogP contribution in [0.25, 0.3) is 0 Å². The minimum atomic E-state index is 0.0291. The molecule has 0 heterocycles. The zero-order valence-corrected chi connectivity index (χ0v) is 9.99. The van der Waals surface area contributed by atoms with Gasteiger partial charge in [0.05, 0.1) is 6.61 Å². The van der Waals surface area contributed by atoms with Gasteiger partial charge in [0.25, 0.3) is 0 Å². The first-order valence-electron chi connectivity index (χ1n) is 6.65. The van der Waals surface area contributed by atoms with E-state index in [1.807, 2.05) is 0 Å². The number of hydrogen-bond acceptors (Lipinski definition) is 2. The lowest BCUT2D eigenvalue weighted by Gasteiger charge is -2.18. The van der Waals surface area contributed by atoms with E-state index in [1.54, 1.807) is 0 Å². The normalized spacial score (nSPS) is 25.9. The highest BCUT2D eigenvalue weighted by Crippen LogP contribution is 2.28. The molecule has 0 aromatic heterocycles. The molecule has 0 aromatic rings. The van der Waals surface area contributed by atoms with E-state index in [1.165, 1.54) is 32.1 Å². The van der Waals surface area contributed by atoms with Crippen LogP contribution in [-0.4, -0.2) is 12.6 Å². The molecule has 0 N–H and O–H groups in total. The summed E-state index contributed by atoms with van der Waals surface area (Å²) in [4.78, 5) is 11.6. The molecule has 2 heteroatoms. The lowest BCUT2D eigenvalue weighted by atomic mass is 9.95. The second-order valence-electron chi connectivity index (χ2n) is 5.19. The van der Waals surface area contributed by atoms with E-state index in [4.69, 9.17) is 4.74 Å². The maximum absolute atomic E-state index is 11.6. The fourth-order valence-electron chi connectivity index (χ4n) is 2.73. The van der Waals surface area contributed by atoms with Crippen LogP contribution < -0.4 is 0 Å². The highest BCUT2D eigenvalue weighted by atomic mass is 16.5. The summed E-state index contributed by atoms with van der Waals surface area (Å²) < 4.78 is 5.37. The third-order valence-electron chi connectivity index (χ3n) is 3.79. The molecule has 1 atom stereocenters. The fraction of sp³-hybridized carbons (Fsp3) is 0.786. The average Bonchev–Trinajstić information content (AvgIpc) is 2.81. The van der Waals surface area contributed by atoms with E-state index < -0.39 is 0 Å². The van der Waals surface area contributed by atoms with Crippen LogP contribution in [0.1, 0.15) is 51.4 Å². The number of allylic oxidation sites excluding steroid dienone is 2. The van der Waals surface area contributed by atoms with Crippen molar-refractivity contribution >= 4 is 5.97 Å². The molecule has 90 valence electrons. The SMILES string of the molecule is O=C(CC1CCCC1)OC[C@H]1CC=CCC1.